The van der Waals surface area contributed by atoms with E-state index in [1.807, 2.05) is 6.07 Å². The summed E-state index contributed by atoms with van der Waals surface area (Å²) in [7, 11) is 1.59. The van der Waals surface area contributed by atoms with Crippen LogP contribution in [0.15, 0.2) is 36.4 Å². The number of hydrogen-bond acceptors (Lipinski definition) is 4. The molecular weight excluding hydrogens is 466 g/mol. The van der Waals surface area contributed by atoms with Crippen LogP contribution in [0.3, 0.4) is 0 Å². The van der Waals surface area contributed by atoms with Gasteiger partial charge in [0.2, 0.25) is 11.8 Å². The number of hydrogen-bond donors (Lipinski definition) is 2. The van der Waals surface area contributed by atoms with Crippen LogP contribution in [0.5, 0.6) is 5.75 Å². The van der Waals surface area contributed by atoms with E-state index in [1.54, 1.807) is 42.3 Å². The number of halogens is 1. The third-order valence-corrected chi connectivity index (χ3v) is 7.70. The first-order chi connectivity index (χ1) is 16.9. The zero-order valence-corrected chi connectivity index (χ0v) is 20.6. The molecule has 7 nitrogen and oxygen atoms in total. The van der Waals surface area contributed by atoms with Crippen molar-refractivity contribution in [3.8, 4) is 16.9 Å². The number of benzene rings is 2. The summed E-state index contributed by atoms with van der Waals surface area (Å²) in [5, 5.41) is 6.66. The minimum atomic E-state index is -0.621. The van der Waals surface area contributed by atoms with Crippen molar-refractivity contribution in [2.45, 2.75) is 57.0 Å². The molecular formula is C27H30ClN3O4. The van der Waals surface area contributed by atoms with Gasteiger partial charge in [0.1, 0.15) is 11.8 Å². The van der Waals surface area contributed by atoms with Gasteiger partial charge in [-0.25, -0.2) is 0 Å². The molecule has 2 unspecified atom stereocenters. The molecule has 5 rings (SSSR count). The molecule has 0 spiro atoms. The maximum absolute atomic E-state index is 13.6. The molecule has 2 atom stereocenters. The van der Waals surface area contributed by atoms with Crippen LogP contribution in [0.2, 0.25) is 5.02 Å². The molecule has 8 heteroatoms. The topological polar surface area (TPSA) is 87.7 Å². The van der Waals surface area contributed by atoms with Crippen LogP contribution in [-0.2, 0) is 9.59 Å². The van der Waals surface area contributed by atoms with Gasteiger partial charge in [0.25, 0.3) is 5.91 Å². The van der Waals surface area contributed by atoms with E-state index < -0.39 is 6.04 Å². The van der Waals surface area contributed by atoms with Crippen molar-refractivity contribution in [2.75, 3.05) is 19.0 Å². The van der Waals surface area contributed by atoms with Gasteiger partial charge < -0.3 is 20.3 Å². The summed E-state index contributed by atoms with van der Waals surface area (Å²) in [6.45, 7) is 0.413. The number of amides is 3. The number of ether oxygens (including phenoxy) is 1. The van der Waals surface area contributed by atoms with Crippen LogP contribution >= 0.6 is 11.6 Å². The van der Waals surface area contributed by atoms with E-state index in [1.165, 1.54) is 6.42 Å². The molecule has 0 aromatic heterocycles. The van der Waals surface area contributed by atoms with Crippen molar-refractivity contribution in [2.24, 2.45) is 5.92 Å². The molecule has 2 aromatic rings. The fraction of sp³-hybridized carbons (Fsp3) is 0.444. The highest BCUT2D eigenvalue weighted by molar-refractivity contribution is 6.31. The van der Waals surface area contributed by atoms with E-state index in [4.69, 9.17) is 16.3 Å². The summed E-state index contributed by atoms with van der Waals surface area (Å²) in [5.41, 5.74) is 2.47. The SMILES string of the molecule is COc1ccc(Cl)cc1-c1ccc2c(c1)C(=O)N1CCC(NC(=O)C3CCCCC3)CC1C(=O)N2. The Balaban J connectivity index is 1.37. The third kappa shape index (κ3) is 4.74. The molecule has 0 radical (unpaired) electrons. The van der Waals surface area contributed by atoms with Crippen LogP contribution < -0.4 is 15.4 Å². The highest BCUT2D eigenvalue weighted by Crippen LogP contribution is 2.36. The molecule has 3 aliphatic rings. The minimum Gasteiger partial charge on any atom is -0.496 e. The number of nitrogens with zero attached hydrogens (tertiary/aromatic N) is 1. The highest BCUT2D eigenvalue weighted by Gasteiger charge is 2.40. The van der Waals surface area contributed by atoms with E-state index in [2.05, 4.69) is 10.6 Å². The van der Waals surface area contributed by atoms with Crippen molar-refractivity contribution in [3.63, 3.8) is 0 Å². The number of anilines is 1. The Kier molecular flexibility index (Phi) is 6.69. The molecule has 1 saturated heterocycles. The number of methoxy groups -OCH3 is 1. The Hall–Kier alpha value is -3.06. The lowest BCUT2D eigenvalue weighted by atomic mass is 9.88. The van der Waals surface area contributed by atoms with Crippen molar-refractivity contribution in [1.82, 2.24) is 10.2 Å². The maximum Gasteiger partial charge on any atom is 0.256 e. The zero-order valence-electron chi connectivity index (χ0n) is 19.8. The van der Waals surface area contributed by atoms with Gasteiger partial charge in [-0.15, -0.1) is 0 Å². The van der Waals surface area contributed by atoms with E-state index in [0.717, 1.165) is 36.8 Å². The molecule has 1 aliphatic carbocycles. The molecule has 2 heterocycles. The van der Waals surface area contributed by atoms with Crippen LogP contribution in [0, 0.1) is 5.92 Å². The molecule has 2 fully saturated rings. The van der Waals surface area contributed by atoms with Gasteiger partial charge in [0, 0.05) is 29.1 Å². The standard InChI is InChI=1S/C27H30ClN3O4/c1-35-24-10-8-18(28)14-20(24)17-7-9-22-21(13-17)27(34)31-12-11-19(15-23(31)26(33)30-22)29-25(32)16-5-3-2-4-6-16/h7-10,13-14,16,19,23H,2-6,11-12,15H2,1H3,(H,29,32)(H,30,33). The van der Waals surface area contributed by atoms with Gasteiger partial charge in [0.05, 0.1) is 18.4 Å². The first kappa shape index (κ1) is 23.7. The summed E-state index contributed by atoms with van der Waals surface area (Å²) in [4.78, 5) is 41.1. The Morgan fingerprint density at radius 3 is 2.63 bits per heavy atom. The molecule has 3 amide bonds. The van der Waals surface area contributed by atoms with E-state index in [-0.39, 0.29) is 29.7 Å². The van der Waals surface area contributed by atoms with Gasteiger partial charge in [-0.3, -0.25) is 14.4 Å². The number of nitrogens with one attached hydrogen (secondary N) is 2. The van der Waals surface area contributed by atoms with Crippen LogP contribution in [0.25, 0.3) is 11.1 Å². The summed E-state index contributed by atoms with van der Waals surface area (Å²) in [5.74, 6) is 0.390. The minimum absolute atomic E-state index is 0.0672. The summed E-state index contributed by atoms with van der Waals surface area (Å²) in [6.07, 6.45) is 6.29. The second-order valence-corrected chi connectivity index (χ2v) is 10.1. The quantitative estimate of drug-likeness (QED) is 0.647. The van der Waals surface area contributed by atoms with Crippen LogP contribution in [-0.4, -0.2) is 48.4 Å². The predicted molar refractivity (Wildman–Crippen MR) is 135 cm³/mol. The summed E-state index contributed by atoms with van der Waals surface area (Å²) < 4.78 is 5.48. The second kappa shape index (κ2) is 9.90. The van der Waals surface area contributed by atoms with Crippen molar-refractivity contribution >= 4 is 35.0 Å². The first-order valence-corrected chi connectivity index (χ1v) is 12.7. The normalized spacial score (nSPS) is 22.5. The summed E-state index contributed by atoms with van der Waals surface area (Å²) in [6, 6.07) is 9.98. The lowest BCUT2D eigenvalue weighted by molar-refractivity contribution is -0.128. The van der Waals surface area contributed by atoms with Crippen LogP contribution in [0.1, 0.15) is 55.3 Å². The Labute approximate surface area is 210 Å². The average molecular weight is 496 g/mol. The maximum atomic E-state index is 13.6. The number of piperidine rings is 1. The van der Waals surface area contributed by atoms with Crippen molar-refractivity contribution in [3.05, 3.63) is 47.0 Å². The molecule has 2 aliphatic heterocycles. The Bertz CT molecular complexity index is 1160. The highest BCUT2D eigenvalue weighted by atomic mass is 35.5. The predicted octanol–water partition coefficient (Wildman–Crippen LogP) is 4.64. The number of rotatable bonds is 4. The third-order valence-electron chi connectivity index (χ3n) is 7.47. The number of carbonyl (C=O) groups excluding carboxylic acids is 3. The van der Waals surface area contributed by atoms with Crippen molar-refractivity contribution < 1.29 is 19.1 Å². The molecule has 1 saturated carbocycles. The van der Waals surface area contributed by atoms with E-state index >= 15 is 0 Å². The molecule has 35 heavy (non-hydrogen) atoms. The number of fused-ring (bicyclic) bond motifs is 2. The van der Waals surface area contributed by atoms with E-state index in [9.17, 15) is 14.4 Å². The first-order valence-electron chi connectivity index (χ1n) is 12.3. The van der Waals surface area contributed by atoms with Gasteiger partial charge >= 0.3 is 0 Å². The van der Waals surface area contributed by atoms with Crippen LogP contribution in [0.4, 0.5) is 5.69 Å². The second-order valence-electron chi connectivity index (χ2n) is 9.67. The fourth-order valence-corrected chi connectivity index (χ4v) is 5.72. The van der Waals surface area contributed by atoms with Gasteiger partial charge in [-0.1, -0.05) is 36.9 Å². The van der Waals surface area contributed by atoms with Gasteiger partial charge in [-0.2, -0.15) is 0 Å². The lowest BCUT2D eigenvalue weighted by Gasteiger charge is -2.38. The van der Waals surface area contributed by atoms with E-state index in [0.29, 0.717) is 41.4 Å². The lowest BCUT2D eigenvalue weighted by Crippen LogP contribution is -2.55. The molecule has 184 valence electrons. The monoisotopic (exact) mass is 495 g/mol. The van der Waals surface area contributed by atoms with Crippen molar-refractivity contribution in [1.29, 1.82) is 0 Å². The average Bonchev–Trinajstić information content (AvgIpc) is 2.98. The summed E-state index contributed by atoms with van der Waals surface area (Å²) >= 11 is 6.21. The fourth-order valence-electron chi connectivity index (χ4n) is 5.55. The van der Waals surface area contributed by atoms with Gasteiger partial charge in [0.15, 0.2) is 0 Å². The molecule has 2 N–H and O–H groups in total. The smallest absolute Gasteiger partial charge is 0.256 e. The number of carbonyl (C=O) groups is 3. The molecule has 0 bridgehead atoms. The largest absolute Gasteiger partial charge is 0.496 e. The zero-order chi connectivity index (χ0) is 24.5. The Morgan fingerprint density at radius 2 is 1.86 bits per heavy atom. The molecule has 2 aromatic carbocycles. The Morgan fingerprint density at radius 1 is 1.06 bits per heavy atom. The van der Waals surface area contributed by atoms with Gasteiger partial charge in [-0.05, 0) is 61.6 Å².